The van der Waals surface area contributed by atoms with Gasteiger partial charge in [0, 0.05) is 11.6 Å². The third-order valence-corrected chi connectivity index (χ3v) is 2.17. The summed E-state index contributed by atoms with van der Waals surface area (Å²) >= 11 is 0. The molecule has 0 aliphatic rings. The van der Waals surface area contributed by atoms with Crippen molar-refractivity contribution in [3.63, 3.8) is 0 Å². The zero-order valence-corrected chi connectivity index (χ0v) is 11.2. The Morgan fingerprint density at radius 3 is 2.47 bits per heavy atom. The van der Waals surface area contributed by atoms with Gasteiger partial charge in [0.2, 0.25) is 5.88 Å². The molecular weight excluding hydrogens is 217 g/mol. The number of aromatic nitrogens is 1. The minimum atomic E-state index is -0.362. The van der Waals surface area contributed by atoms with Crippen molar-refractivity contribution in [2.24, 2.45) is 0 Å². The molecule has 1 heterocycles. The molecule has 0 fully saturated rings. The van der Waals surface area contributed by atoms with E-state index < -0.39 is 0 Å². The fourth-order valence-corrected chi connectivity index (χ4v) is 1.27. The predicted molar refractivity (Wildman–Crippen MR) is 70.8 cm³/mol. The number of halogens is 1. The van der Waals surface area contributed by atoms with E-state index in [2.05, 4.69) is 11.6 Å². The van der Waals surface area contributed by atoms with Crippen LogP contribution in [0.25, 0.3) is 5.57 Å². The number of nitrogens with zero attached hydrogens (tertiary/aromatic N) is 1. The third kappa shape index (κ3) is 4.02. The molecule has 0 spiro atoms. The van der Waals surface area contributed by atoms with Crippen molar-refractivity contribution < 1.29 is 9.13 Å². The Bertz CT molecular complexity index is 411. The molecule has 0 radical (unpaired) electrons. The highest BCUT2D eigenvalue weighted by Gasteiger charge is 2.08. The van der Waals surface area contributed by atoms with Gasteiger partial charge in [0.15, 0.2) is 0 Å². The molecule has 0 bridgehead atoms. The van der Waals surface area contributed by atoms with Crippen LogP contribution in [0.15, 0.2) is 30.6 Å². The highest BCUT2D eigenvalue weighted by molar-refractivity contribution is 5.67. The Balaban J connectivity index is 0.00000121. The summed E-state index contributed by atoms with van der Waals surface area (Å²) in [5.41, 5.74) is 1.98. The lowest BCUT2D eigenvalue weighted by atomic mass is 10.1. The number of hydrogen-bond acceptors (Lipinski definition) is 2. The predicted octanol–water partition coefficient (Wildman–Crippen LogP) is 4.31. The van der Waals surface area contributed by atoms with Crippen LogP contribution in [0, 0.1) is 6.92 Å². The van der Waals surface area contributed by atoms with E-state index in [9.17, 15) is 4.39 Å². The van der Waals surface area contributed by atoms with Crippen molar-refractivity contribution in [2.75, 3.05) is 7.11 Å². The van der Waals surface area contributed by atoms with E-state index in [1.54, 1.807) is 13.0 Å². The zero-order valence-electron chi connectivity index (χ0n) is 11.2. The van der Waals surface area contributed by atoms with Gasteiger partial charge in [-0.1, -0.05) is 26.5 Å². The topological polar surface area (TPSA) is 22.1 Å². The fraction of sp³-hybridized carbons (Fsp3) is 0.357. The van der Waals surface area contributed by atoms with Crippen LogP contribution in [0.4, 0.5) is 4.39 Å². The van der Waals surface area contributed by atoms with Crippen LogP contribution in [-0.2, 0) is 0 Å². The Labute approximate surface area is 103 Å². The van der Waals surface area contributed by atoms with Crippen LogP contribution < -0.4 is 4.74 Å². The summed E-state index contributed by atoms with van der Waals surface area (Å²) in [6, 6.07) is 3.60. The van der Waals surface area contributed by atoms with Crippen LogP contribution in [0.2, 0.25) is 0 Å². The van der Waals surface area contributed by atoms with E-state index in [0.717, 1.165) is 5.56 Å². The van der Waals surface area contributed by atoms with Gasteiger partial charge in [0.25, 0.3) is 0 Å². The van der Waals surface area contributed by atoms with Gasteiger partial charge < -0.3 is 4.74 Å². The minimum absolute atomic E-state index is 0.362. The molecule has 1 rings (SSSR count). The van der Waals surface area contributed by atoms with Crippen molar-refractivity contribution in [1.29, 1.82) is 0 Å². The van der Waals surface area contributed by atoms with Crippen molar-refractivity contribution in [1.82, 2.24) is 4.98 Å². The highest BCUT2D eigenvalue weighted by Crippen LogP contribution is 2.23. The highest BCUT2D eigenvalue weighted by atomic mass is 19.1. The number of pyridine rings is 1. The molecule has 0 aliphatic carbocycles. The molecule has 0 atom stereocenters. The largest absolute Gasteiger partial charge is 0.481 e. The number of methoxy groups -OCH3 is 1. The maximum atomic E-state index is 13.3. The van der Waals surface area contributed by atoms with Gasteiger partial charge in [0.05, 0.1) is 12.8 Å². The molecule has 94 valence electrons. The average molecular weight is 237 g/mol. The van der Waals surface area contributed by atoms with Gasteiger partial charge in [-0.05, 0) is 25.5 Å². The second-order valence-electron chi connectivity index (χ2n) is 3.20. The van der Waals surface area contributed by atoms with Crippen LogP contribution in [0.1, 0.15) is 32.0 Å². The van der Waals surface area contributed by atoms with Crippen molar-refractivity contribution >= 4 is 5.57 Å². The first-order valence-electron chi connectivity index (χ1n) is 5.61. The average Bonchev–Trinajstić information content (AvgIpc) is 2.40. The fourth-order valence-electron chi connectivity index (χ4n) is 1.27. The van der Waals surface area contributed by atoms with Crippen LogP contribution in [0.5, 0.6) is 5.88 Å². The van der Waals surface area contributed by atoms with E-state index in [1.165, 1.54) is 13.2 Å². The Morgan fingerprint density at radius 2 is 2.00 bits per heavy atom. The lowest BCUT2D eigenvalue weighted by Gasteiger charge is -2.07. The number of ether oxygens (including phenoxy) is 1. The van der Waals surface area contributed by atoms with Gasteiger partial charge in [-0.25, -0.2) is 9.37 Å². The molecule has 0 aliphatic heterocycles. The maximum Gasteiger partial charge on any atom is 0.213 e. The third-order valence-electron chi connectivity index (χ3n) is 2.17. The number of rotatable bonds is 3. The second-order valence-corrected chi connectivity index (χ2v) is 3.20. The van der Waals surface area contributed by atoms with Gasteiger partial charge in [-0.15, -0.1) is 0 Å². The smallest absolute Gasteiger partial charge is 0.213 e. The van der Waals surface area contributed by atoms with Crippen LogP contribution >= 0.6 is 0 Å². The lowest BCUT2D eigenvalue weighted by molar-refractivity contribution is 0.397. The summed E-state index contributed by atoms with van der Waals surface area (Å²) in [6.45, 7) is 10.9. The Hall–Kier alpha value is -1.64. The standard InChI is InChI=1S/C12H14FNO.C2H6/c1-5-10(13)9(3)12-8(2)6-7-11(14-12)15-4;1-2/h5-7H,1H2,2-4H3;1-2H3/b10-9+;. The minimum Gasteiger partial charge on any atom is -0.481 e. The Morgan fingerprint density at radius 1 is 1.41 bits per heavy atom. The Kier molecular flexibility index (Phi) is 6.87. The molecule has 0 saturated carbocycles. The second kappa shape index (κ2) is 7.60. The van der Waals surface area contributed by atoms with Gasteiger partial charge in [-0.3, -0.25) is 0 Å². The molecule has 3 heteroatoms. The van der Waals surface area contributed by atoms with Crippen LogP contribution in [0.3, 0.4) is 0 Å². The normalized spacial score (nSPS) is 10.9. The van der Waals surface area contributed by atoms with E-state index in [0.29, 0.717) is 17.1 Å². The van der Waals surface area contributed by atoms with E-state index in [1.807, 2.05) is 26.8 Å². The van der Waals surface area contributed by atoms with Gasteiger partial charge in [-0.2, -0.15) is 0 Å². The van der Waals surface area contributed by atoms with E-state index in [4.69, 9.17) is 4.74 Å². The van der Waals surface area contributed by atoms with Gasteiger partial charge in [0.1, 0.15) is 5.83 Å². The molecule has 1 aromatic rings. The number of allylic oxidation sites excluding steroid dienone is 3. The molecule has 0 unspecified atom stereocenters. The molecule has 2 nitrogen and oxygen atoms in total. The van der Waals surface area contributed by atoms with Gasteiger partial charge >= 0.3 is 0 Å². The molecular formula is C14H20FNO. The van der Waals surface area contributed by atoms with Crippen molar-refractivity contribution in [3.05, 3.63) is 41.9 Å². The van der Waals surface area contributed by atoms with Crippen molar-refractivity contribution in [3.8, 4) is 5.88 Å². The summed E-state index contributed by atoms with van der Waals surface area (Å²) in [5, 5.41) is 0. The van der Waals surface area contributed by atoms with E-state index >= 15 is 0 Å². The summed E-state index contributed by atoms with van der Waals surface area (Å²) in [5.74, 6) is 0.116. The first kappa shape index (κ1) is 15.4. The molecule has 0 N–H and O–H groups in total. The summed E-state index contributed by atoms with van der Waals surface area (Å²) in [7, 11) is 1.53. The molecule has 0 aromatic carbocycles. The zero-order chi connectivity index (χ0) is 13.4. The summed E-state index contributed by atoms with van der Waals surface area (Å²) in [6.07, 6.45) is 1.18. The molecule has 17 heavy (non-hydrogen) atoms. The van der Waals surface area contributed by atoms with E-state index in [-0.39, 0.29) is 5.83 Å². The van der Waals surface area contributed by atoms with Crippen LogP contribution in [-0.4, -0.2) is 12.1 Å². The molecule has 1 aromatic heterocycles. The number of hydrogen-bond donors (Lipinski definition) is 0. The quantitative estimate of drug-likeness (QED) is 0.731. The lowest BCUT2D eigenvalue weighted by Crippen LogP contribution is -1.95. The monoisotopic (exact) mass is 237 g/mol. The van der Waals surface area contributed by atoms with Crippen molar-refractivity contribution in [2.45, 2.75) is 27.7 Å². The molecule has 0 saturated heterocycles. The summed E-state index contributed by atoms with van der Waals surface area (Å²) < 4.78 is 18.3. The molecule has 0 amide bonds. The number of aryl methyl sites for hydroxylation is 1. The summed E-state index contributed by atoms with van der Waals surface area (Å²) in [4.78, 5) is 4.19. The first-order chi connectivity index (χ1) is 8.10. The SMILES string of the molecule is C=C/C(F)=C(/C)c1nc(OC)ccc1C.CC. The maximum absolute atomic E-state index is 13.3. The first-order valence-corrected chi connectivity index (χ1v) is 5.61.